The van der Waals surface area contributed by atoms with Gasteiger partial charge in [-0.05, 0) is 23.8 Å². The number of hydrogen-bond donors (Lipinski definition) is 3. The van der Waals surface area contributed by atoms with Gasteiger partial charge in [0, 0.05) is 11.6 Å². The number of nitrogens with two attached hydrogens (primary N) is 2. The number of halogens is 1. The molecule has 2 rings (SSSR count). The average molecular weight is 277 g/mol. The molecule has 98 valence electrons. The van der Waals surface area contributed by atoms with Gasteiger partial charge in [-0.2, -0.15) is 0 Å². The Bertz CT molecular complexity index is 598. The molecule has 0 fully saturated rings. The number of amides is 1. The first-order valence-electron chi connectivity index (χ1n) is 5.60. The summed E-state index contributed by atoms with van der Waals surface area (Å²) in [5.74, 6) is -0.0348. The molecule has 0 aliphatic rings. The molecule has 0 saturated heterocycles. The fraction of sp³-hybridized carbons (Fsp3) is 0.0769. The zero-order chi connectivity index (χ0) is 13.8. The standard InChI is InChI=1S/C13H13ClN4O/c14-9-3-1-8(2-4-9)6-17-12-5-10(13(16)19)11(15)7-18-12/h1-5,7H,6,15H2,(H2,16,19)(H,17,18). The monoisotopic (exact) mass is 276 g/mol. The van der Waals surface area contributed by atoms with Crippen molar-refractivity contribution in [1.29, 1.82) is 0 Å². The molecular weight excluding hydrogens is 264 g/mol. The third-order valence-corrected chi connectivity index (χ3v) is 2.84. The fourth-order valence-electron chi connectivity index (χ4n) is 1.57. The normalized spacial score (nSPS) is 10.2. The van der Waals surface area contributed by atoms with Crippen molar-refractivity contribution in [1.82, 2.24) is 4.98 Å². The molecule has 1 heterocycles. The molecule has 0 atom stereocenters. The summed E-state index contributed by atoms with van der Waals surface area (Å²) in [7, 11) is 0. The molecular formula is C13H13ClN4O. The van der Waals surface area contributed by atoms with Crippen molar-refractivity contribution < 1.29 is 4.79 Å². The summed E-state index contributed by atoms with van der Waals surface area (Å²) in [6.45, 7) is 0.562. The van der Waals surface area contributed by atoms with Crippen molar-refractivity contribution in [2.75, 3.05) is 11.1 Å². The van der Waals surface area contributed by atoms with E-state index in [0.29, 0.717) is 17.4 Å². The lowest BCUT2D eigenvalue weighted by atomic mass is 10.2. The molecule has 0 aliphatic heterocycles. The molecule has 5 nitrogen and oxygen atoms in total. The quantitative estimate of drug-likeness (QED) is 0.796. The summed E-state index contributed by atoms with van der Waals surface area (Å²) in [6, 6.07) is 8.96. The van der Waals surface area contributed by atoms with Crippen LogP contribution in [0.5, 0.6) is 0 Å². The molecule has 19 heavy (non-hydrogen) atoms. The smallest absolute Gasteiger partial charge is 0.250 e. The van der Waals surface area contributed by atoms with Crippen molar-refractivity contribution in [3.8, 4) is 0 Å². The molecule has 5 N–H and O–H groups in total. The highest BCUT2D eigenvalue weighted by Crippen LogP contribution is 2.15. The predicted molar refractivity (Wildman–Crippen MR) is 75.9 cm³/mol. The number of nitrogen functional groups attached to an aromatic ring is 1. The van der Waals surface area contributed by atoms with Crippen LogP contribution in [0.3, 0.4) is 0 Å². The number of aromatic nitrogens is 1. The fourth-order valence-corrected chi connectivity index (χ4v) is 1.70. The van der Waals surface area contributed by atoms with Crippen molar-refractivity contribution in [2.45, 2.75) is 6.54 Å². The van der Waals surface area contributed by atoms with Crippen LogP contribution in [0.15, 0.2) is 36.5 Å². The van der Waals surface area contributed by atoms with Crippen LogP contribution in [0, 0.1) is 0 Å². The lowest BCUT2D eigenvalue weighted by Crippen LogP contribution is -2.14. The highest BCUT2D eigenvalue weighted by molar-refractivity contribution is 6.30. The lowest BCUT2D eigenvalue weighted by molar-refractivity contribution is 0.100. The van der Waals surface area contributed by atoms with Crippen LogP contribution in [0.2, 0.25) is 5.02 Å². The van der Waals surface area contributed by atoms with Gasteiger partial charge >= 0.3 is 0 Å². The number of anilines is 2. The van der Waals surface area contributed by atoms with E-state index in [0.717, 1.165) is 5.56 Å². The maximum absolute atomic E-state index is 11.2. The molecule has 0 saturated carbocycles. The Hall–Kier alpha value is -2.27. The average Bonchev–Trinajstić information content (AvgIpc) is 2.39. The van der Waals surface area contributed by atoms with Crippen LogP contribution in [0.25, 0.3) is 0 Å². The molecule has 6 heteroatoms. The van der Waals surface area contributed by atoms with Gasteiger partial charge in [0.2, 0.25) is 0 Å². The van der Waals surface area contributed by atoms with Crippen molar-refractivity contribution >= 4 is 29.0 Å². The van der Waals surface area contributed by atoms with Crippen LogP contribution in [0.1, 0.15) is 15.9 Å². The second-order valence-electron chi connectivity index (χ2n) is 4.00. The number of rotatable bonds is 4. The molecule has 0 spiro atoms. The highest BCUT2D eigenvalue weighted by Gasteiger charge is 2.07. The molecule has 1 amide bonds. The van der Waals surface area contributed by atoms with E-state index in [4.69, 9.17) is 23.1 Å². The van der Waals surface area contributed by atoms with Gasteiger partial charge in [-0.1, -0.05) is 23.7 Å². The number of nitrogens with one attached hydrogen (secondary N) is 1. The maximum Gasteiger partial charge on any atom is 0.250 e. The van der Waals surface area contributed by atoms with E-state index in [-0.39, 0.29) is 11.3 Å². The van der Waals surface area contributed by atoms with Crippen LogP contribution in [0.4, 0.5) is 11.5 Å². The van der Waals surface area contributed by atoms with Gasteiger partial charge in [-0.25, -0.2) is 4.98 Å². The minimum absolute atomic E-state index is 0.258. The van der Waals surface area contributed by atoms with Crippen LogP contribution in [-0.4, -0.2) is 10.9 Å². The van der Waals surface area contributed by atoms with Gasteiger partial charge in [0.05, 0.1) is 17.4 Å². The van der Waals surface area contributed by atoms with E-state index in [1.54, 1.807) is 0 Å². The van der Waals surface area contributed by atoms with E-state index in [2.05, 4.69) is 10.3 Å². The van der Waals surface area contributed by atoms with E-state index >= 15 is 0 Å². The first-order chi connectivity index (χ1) is 9.06. The summed E-state index contributed by atoms with van der Waals surface area (Å²) in [6.07, 6.45) is 1.41. The van der Waals surface area contributed by atoms with Gasteiger partial charge in [0.15, 0.2) is 0 Å². The van der Waals surface area contributed by atoms with Crippen molar-refractivity contribution in [3.05, 3.63) is 52.7 Å². The van der Waals surface area contributed by atoms with E-state index in [9.17, 15) is 4.79 Å². The Morgan fingerprint density at radius 2 is 2.00 bits per heavy atom. The van der Waals surface area contributed by atoms with Gasteiger partial charge < -0.3 is 16.8 Å². The summed E-state index contributed by atoms with van der Waals surface area (Å²) in [5.41, 5.74) is 12.4. The molecule has 0 radical (unpaired) electrons. The highest BCUT2D eigenvalue weighted by atomic mass is 35.5. The van der Waals surface area contributed by atoms with Crippen LogP contribution >= 0.6 is 11.6 Å². The number of carbonyl (C=O) groups excluding carboxylic acids is 1. The SMILES string of the molecule is NC(=O)c1cc(NCc2ccc(Cl)cc2)ncc1N. The van der Waals surface area contributed by atoms with Crippen molar-refractivity contribution in [2.24, 2.45) is 5.73 Å². The first kappa shape index (κ1) is 13.2. The predicted octanol–water partition coefficient (Wildman–Crippen LogP) is 2.03. The maximum atomic E-state index is 11.2. The minimum Gasteiger partial charge on any atom is -0.397 e. The van der Waals surface area contributed by atoms with Gasteiger partial charge in [-0.3, -0.25) is 4.79 Å². The topological polar surface area (TPSA) is 94.0 Å². The Labute approximate surface area is 115 Å². The van der Waals surface area contributed by atoms with Gasteiger partial charge in [0.25, 0.3) is 5.91 Å². The van der Waals surface area contributed by atoms with Crippen molar-refractivity contribution in [3.63, 3.8) is 0 Å². The minimum atomic E-state index is -0.575. The second-order valence-corrected chi connectivity index (χ2v) is 4.44. The molecule has 0 aliphatic carbocycles. The summed E-state index contributed by atoms with van der Waals surface area (Å²) in [4.78, 5) is 15.2. The first-order valence-corrected chi connectivity index (χ1v) is 5.97. The Kier molecular flexibility index (Phi) is 3.87. The Balaban J connectivity index is 2.09. The summed E-state index contributed by atoms with van der Waals surface area (Å²) >= 11 is 5.80. The molecule has 1 aromatic heterocycles. The molecule has 1 aromatic carbocycles. The van der Waals surface area contributed by atoms with Crippen LogP contribution < -0.4 is 16.8 Å². The third kappa shape index (κ3) is 3.35. The number of nitrogens with zero attached hydrogens (tertiary/aromatic N) is 1. The largest absolute Gasteiger partial charge is 0.397 e. The van der Waals surface area contributed by atoms with E-state index in [1.807, 2.05) is 24.3 Å². The lowest BCUT2D eigenvalue weighted by Gasteiger charge is -2.08. The summed E-state index contributed by atoms with van der Waals surface area (Å²) < 4.78 is 0. The Morgan fingerprint density at radius 3 is 2.63 bits per heavy atom. The summed E-state index contributed by atoms with van der Waals surface area (Å²) in [5, 5.41) is 3.77. The molecule has 0 bridgehead atoms. The number of carbonyl (C=O) groups is 1. The van der Waals surface area contributed by atoms with Gasteiger partial charge in [-0.15, -0.1) is 0 Å². The number of hydrogen-bond acceptors (Lipinski definition) is 4. The molecule has 0 unspecified atom stereocenters. The molecule has 2 aromatic rings. The zero-order valence-electron chi connectivity index (χ0n) is 10.1. The number of primary amides is 1. The second kappa shape index (κ2) is 5.58. The number of benzene rings is 1. The van der Waals surface area contributed by atoms with E-state index in [1.165, 1.54) is 12.3 Å². The van der Waals surface area contributed by atoms with E-state index < -0.39 is 5.91 Å². The van der Waals surface area contributed by atoms with Gasteiger partial charge in [0.1, 0.15) is 5.82 Å². The zero-order valence-corrected chi connectivity index (χ0v) is 10.8. The van der Waals surface area contributed by atoms with Crippen LogP contribution in [-0.2, 0) is 6.54 Å². The third-order valence-electron chi connectivity index (χ3n) is 2.59. The Morgan fingerprint density at radius 1 is 1.32 bits per heavy atom. The number of pyridine rings is 1.